The highest BCUT2D eigenvalue weighted by Crippen LogP contribution is 2.29. The second kappa shape index (κ2) is 5.41. The number of hydrogen-bond donors (Lipinski definition) is 1. The molecule has 1 fully saturated rings. The van der Waals surface area contributed by atoms with Crippen LogP contribution in [0.1, 0.15) is 22.2 Å². The second-order valence-corrected chi connectivity index (χ2v) is 6.43. The number of para-hydroxylation sites is 2. The maximum absolute atomic E-state index is 12.8. The number of nitrogens with one attached hydrogen (secondary N) is 1. The summed E-state index contributed by atoms with van der Waals surface area (Å²) < 4.78 is 0. The van der Waals surface area contributed by atoms with Crippen LogP contribution in [0.5, 0.6) is 0 Å². The molecule has 4 aromatic rings. The fourth-order valence-electron chi connectivity index (χ4n) is 3.42. The Kier molecular flexibility index (Phi) is 3.06. The van der Waals surface area contributed by atoms with Crippen molar-refractivity contribution < 1.29 is 4.79 Å². The molecule has 2 aromatic heterocycles. The van der Waals surface area contributed by atoms with Gasteiger partial charge in [0, 0.05) is 24.7 Å². The zero-order valence-corrected chi connectivity index (χ0v) is 13.5. The lowest BCUT2D eigenvalue weighted by molar-refractivity contribution is 0.0592. The lowest BCUT2D eigenvalue weighted by Crippen LogP contribution is -2.49. The van der Waals surface area contributed by atoms with Crippen LogP contribution in [-0.2, 0) is 0 Å². The van der Waals surface area contributed by atoms with Crippen LogP contribution in [0.3, 0.4) is 0 Å². The summed E-state index contributed by atoms with van der Waals surface area (Å²) in [6.07, 6.45) is 1.70. The van der Waals surface area contributed by atoms with Crippen molar-refractivity contribution in [3.8, 4) is 0 Å². The van der Waals surface area contributed by atoms with Crippen LogP contribution >= 0.6 is 0 Å². The van der Waals surface area contributed by atoms with E-state index in [2.05, 4.69) is 15.0 Å². The largest absolute Gasteiger partial charge is 0.342 e. The number of H-pyrrole nitrogens is 1. The Bertz CT molecular complexity index is 1060. The van der Waals surface area contributed by atoms with Crippen LogP contribution in [0.4, 0.5) is 0 Å². The average molecular weight is 328 g/mol. The maximum atomic E-state index is 12.8. The Morgan fingerprint density at radius 1 is 1.04 bits per heavy atom. The molecule has 0 radical (unpaired) electrons. The van der Waals surface area contributed by atoms with Crippen LogP contribution in [0.15, 0.2) is 60.8 Å². The summed E-state index contributed by atoms with van der Waals surface area (Å²) in [5.41, 5.74) is 2.54. The van der Waals surface area contributed by atoms with Crippen molar-refractivity contribution in [3.63, 3.8) is 0 Å². The predicted octanol–water partition coefficient (Wildman–Crippen LogP) is 3.35. The lowest BCUT2D eigenvalue weighted by atomic mass is 9.98. The van der Waals surface area contributed by atoms with E-state index in [1.54, 1.807) is 6.20 Å². The number of aromatic amines is 1. The molecule has 1 N–H and O–H groups in total. The van der Waals surface area contributed by atoms with E-state index in [1.165, 1.54) is 0 Å². The van der Waals surface area contributed by atoms with Crippen LogP contribution < -0.4 is 0 Å². The standard InChI is InChI=1S/C20H16N4O/c25-20(18-15-6-2-1-5-13(15)9-10-21-18)24-11-14(12-24)19-22-16-7-3-4-8-17(16)23-19/h1-10,14H,11-12H2,(H,22,23). The van der Waals surface area contributed by atoms with Crippen molar-refractivity contribution in [1.82, 2.24) is 19.9 Å². The molecular formula is C20H16N4O. The van der Waals surface area contributed by atoms with Crippen molar-refractivity contribution in [1.29, 1.82) is 0 Å². The molecular weight excluding hydrogens is 312 g/mol. The van der Waals surface area contributed by atoms with Crippen molar-refractivity contribution in [2.45, 2.75) is 5.92 Å². The van der Waals surface area contributed by atoms with Gasteiger partial charge in [0.25, 0.3) is 5.91 Å². The Labute approximate surface area is 144 Å². The first kappa shape index (κ1) is 14.2. The highest BCUT2D eigenvalue weighted by Gasteiger charge is 2.35. The molecule has 1 aliphatic rings. The molecule has 122 valence electrons. The Morgan fingerprint density at radius 3 is 2.72 bits per heavy atom. The molecule has 5 nitrogen and oxygen atoms in total. The third kappa shape index (κ3) is 2.28. The number of nitrogens with zero attached hydrogens (tertiary/aromatic N) is 3. The van der Waals surface area contributed by atoms with Crippen LogP contribution in [0, 0.1) is 0 Å². The Hall–Kier alpha value is -3.21. The van der Waals surface area contributed by atoms with Gasteiger partial charge in [-0.25, -0.2) is 4.98 Å². The number of amides is 1. The summed E-state index contributed by atoms with van der Waals surface area (Å²) >= 11 is 0. The van der Waals surface area contributed by atoms with Crippen LogP contribution in [0.25, 0.3) is 21.8 Å². The molecule has 5 rings (SSSR count). The average Bonchev–Trinajstić information content (AvgIpc) is 3.03. The molecule has 0 saturated carbocycles. The molecule has 5 heteroatoms. The van der Waals surface area contributed by atoms with Gasteiger partial charge in [-0.05, 0) is 23.6 Å². The number of likely N-dealkylation sites (tertiary alicyclic amines) is 1. The molecule has 1 saturated heterocycles. The molecule has 0 aliphatic carbocycles. The van der Waals surface area contributed by atoms with E-state index in [9.17, 15) is 4.79 Å². The molecule has 1 aliphatic heterocycles. The number of benzene rings is 2. The summed E-state index contributed by atoms with van der Waals surface area (Å²) in [4.78, 5) is 27.0. The van der Waals surface area contributed by atoms with E-state index in [-0.39, 0.29) is 11.8 Å². The third-order valence-corrected chi connectivity index (χ3v) is 4.84. The van der Waals surface area contributed by atoms with Gasteiger partial charge in [-0.15, -0.1) is 0 Å². The maximum Gasteiger partial charge on any atom is 0.273 e. The van der Waals surface area contributed by atoms with Crippen molar-refractivity contribution in [2.24, 2.45) is 0 Å². The van der Waals surface area contributed by atoms with Crippen molar-refractivity contribution >= 4 is 27.7 Å². The highest BCUT2D eigenvalue weighted by molar-refractivity contribution is 6.05. The van der Waals surface area contributed by atoms with E-state index >= 15 is 0 Å². The lowest BCUT2D eigenvalue weighted by Gasteiger charge is -2.38. The summed E-state index contributed by atoms with van der Waals surface area (Å²) in [6, 6.07) is 17.8. The first-order valence-corrected chi connectivity index (χ1v) is 8.37. The molecule has 1 amide bonds. The molecule has 2 aromatic carbocycles. The van der Waals surface area contributed by atoms with E-state index in [4.69, 9.17) is 0 Å². The molecule has 3 heterocycles. The van der Waals surface area contributed by atoms with Crippen molar-refractivity contribution in [2.75, 3.05) is 13.1 Å². The van der Waals surface area contributed by atoms with E-state index in [1.807, 2.05) is 59.5 Å². The predicted molar refractivity (Wildman–Crippen MR) is 96.5 cm³/mol. The van der Waals surface area contributed by atoms with Gasteiger partial charge >= 0.3 is 0 Å². The van der Waals surface area contributed by atoms with Gasteiger partial charge in [-0.3, -0.25) is 9.78 Å². The fourth-order valence-corrected chi connectivity index (χ4v) is 3.42. The molecule has 0 unspecified atom stereocenters. The van der Waals surface area contributed by atoms with Crippen molar-refractivity contribution in [3.05, 3.63) is 72.3 Å². The van der Waals surface area contributed by atoms with Crippen LogP contribution in [-0.4, -0.2) is 38.8 Å². The number of pyridine rings is 1. The minimum atomic E-state index is -0.0100. The second-order valence-electron chi connectivity index (χ2n) is 6.43. The van der Waals surface area contributed by atoms with E-state index < -0.39 is 0 Å². The van der Waals surface area contributed by atoms with Gasteiger partial charge in [-0.1, -0.05) is 36.4 Å². The van der Waals surface area contributed by atoms with Gasteiger partial charge in [0.15, 0.2) is 0 Å². The number of fused-ring (bicyclic) bond motifs is 2. The van der Waals surface area contributed by atoms with Gasteiger partial charge in [0.2, 0.25) is 0 Å². The summed E-state index contributed by atoms with van der Waals surface area (Å²) in [7, 11) is 0. The topological polar surface area (TPSA) is 61.9 Å². The minimum Gasteiger partial charge on any atom is -0.342 e. The van der Waals surface area contributed by atoms with E-state index in [0.29, 0.717) is 18.8 Å². The van der Waals surface area contributed by atoms with Gasteiger partial charge in [0.05, 0.1) is 17.0 Å². The van der Waals surface area contributed by atoms with Gasteiger partial charge < -0.3 is 9.88 Å². The van der Waals surface area contributed by atoms with E-state index in [0.717, 1.165) is 27.6 Å². The molecule has 25 heavy (non-hydrogen) atoms. The number of hydrogen-bond acceptors (Lipinski definition) is 3. The number of rotatable bonds is 2. The smallest absolute Gasteiger partial charge is 0.273 e. The first-order valence-electron chi connectivity index (χ1n) is 8.37. The SMILES string of the molecule is O=C(c1nccc2ccccc12)N1CC(c2nc3ccccc3[nH]2)C1. The van der Waals surface area contributed by atoms with Gasteiger partial charge in [0.1, 0.15) is 11.5 Å². The Balaban J connectivity index is 1.38. The Morgan fingerprint density at radius 2 is 1.84 bits per heavy atom. The quantitative estimate of drug-likeness (QED) is 0.614. The number of imidazole rings is 1. The fraction of sp³-hybridized carbons (Fsp3) is 0.150. The third-order valence-electron chi connectivity index (χ3n) is 4.84. The zero-order chi connectivity index (χ0) is 16.8. The van der Waals surface area contributed by atoms with Crippen LogP contribution in [0.2, 0.25) is 0 Å². The molecule has 0 atom stereocenters. The highest BCUT2D eigenvalue weighted by atomic mass is 16.2. The minimum absolute atomic E-state index is 0.0100. The monoisotopic (exact) mass is 328 g/mol. The number of carbonyl (C=O) groups is 1. The normalized spacial score (nSPS) is 14.8. The number of carbonyl (C=O) groups excluding carboxylic acids is 1. The summed E-state index contributed by atoms with van der Waals surface area (Å²) in [5, 5.41) is 1.94. The number of aromatic nitrogens is 3. The first-order chi connectivity index (χ1) is 12.3. The summed E-state index contributed by atoms with van der Waals surface area (Å²) in [6.45, 7) is 1.34. The molecule has 0 spiro atoms. The van der Waals surface area contributed by atoms with Gasteiger partial charge in [-0.2, -0.15) is 0 Å². The molecule has 0 bridgehead atoms. The zero-order valence-electron chi connectivity index (χ0n) is 13.5. The summed E-state index contributed by atoms with van der Waals surface area (Å²) in [5.74, 6) is 1.20.